The van der Waals surface area contributed by atoms with Crippen molar-refractivity contribution in [1.82, 2.24) is 34.6 Å². The van der Waals surface area contributed by atoms with Gasteiger partial charge in [-0.2, -0.15) is 9.29 Å². The van der Waals surface area contributed by atoms with Crippen molar-refractivity contribution in [2.24, 2.45) is 10.7 Å². The van der Waals surface area contributed by atoms with Crippen LogP contribution in [0, 0.1) is 0 Å². The highest BCUT2D eigenvalue weighted by Gasteiger charge is 2.58. The lowest BCUT2D eigenvalue weighted by atomic mass is 10.1. The zero-order valence-electron chi connectivity index (χ0n) is 27.1. The van der Waals surface area contributed by atoms with Gasteiger partial charge in [-0.15, -0.1) is 0 Å². The van der Waals surface area contributed by atoms with Crippen molar-refractivity contribution in [3.8, 4) is 0 Å². The van der Waals surface area contributed by atoms with Crippen LogP contribution in [0.25, 0.3) is 11.2 Å². The van der Waals surface area contributed by atoms with Crippen molar-refractivity contribution in [2.75, 3.05) is 33.2 Å². The average molecular weight is 820 g/mol. The molecular formula is C22H35N10O18P3. The molecule has 2 aromatic rings. The van der Waals surface area contributed by atoms with Crippen LogP contribution in [-0.2, 0) is 41.1 Å². The standard InChI is InChI=1S/C22H35N10O18P3/c1-30-5-32(15-8(30)17(37)29-22(24)27-15)19-11(35)12(45-2)13(48-19)20(38)51(39,40)49-53(43,44)50-52(41,42)46-3-6-9(33)10(34)18(47-6)31-4-25-7-14(31)26-21(23)28-16(7)36/h4,6,9-13,17-20,33-35,37-38H,3,5H2,1-2H3,(H,39,40)(H,41,42)(H,43,44)(H3,24,27,29)(H3,23,26,28,36)/t6-,9?,10+,11?,12+,13-,17?,18-,19+,20?/m1/s1. The number of fused-ring (bicyclic) bond motifs is 1. The van der Waals surface area contributed by atoms with E-state index in [-0.39, 0.29) is 41.3 Å². The fraction of sp³-hybridized carbons (Fsp3) is 0.636. The molecule has 53 heavy (non-hydrogen) atoms. The number of nitrogens with one attached hydrogen (secondary N) is 2. The third kappa shape index (κ3) is 7.48. The number of hydrogen-bond donors (Lipinski definition) is 12. The minimum atomic E-state index is -6.11. The number of ether oxygens (including phenoxy) is 3. The van der Waals surface area contributed by atoms with E-state index in [9.17, 15) is 58.7 Å². The Labute approximate surface area is 295 Å². The third-order valence-corrected chi connectivity index (χ3v) is 13.3. The molecular weight excluding hydrogens is 785 g/mol. The molecule has 2 aromatic heterocycles. The number of nitrogen functional groups attached to an aromatic ring is 1. The highest BCUT2D eigenvalue weighted by molar-refractivity contribution is 7.68. The average Bonchev–Trinajstić information content (AvgIpc) is 3.77. The number of anilines is 1. The van der Waals surface area contributed by atoms with E-state index in [1.807, 2.05) is 0 Å². The summed E-state index contributed by atoms with van der Waals surface area (Å²) in [6, 6.07) is 0. The molecule has 0 spiro atoms. The number of nitrogens with zero attached hydrogens (tertiary/aromatic N) is 6. The van der Waals surface area contributed by atoms with Crippen LogP contribution in [-0.4, -0.2) is 158 Å². The molecule has 6 rings (SSSR count). The summed E-state index contributed by atoms with van der Waals surface area (Å²) in [4.78, 5) is 59.5. The molecule has 7 unspecified atom stereocenters. The summed E-state index contributed by atoms with van der Waals surface area (Å²) in [5, 5.41) is 55.9. The molecule has 296 valence electrons. The van der Waals surface area contributed by atoms with E-state index in [1.54, 1.807) is 7.05 Å². The van der Waals surface area contributed by atoms with E-state index in [0.29, 0.717) is 0 Å². The molecule has 0 amide bonds. The van der Waals surface area contributed by atoms with Gasteiger partial charge in [0.05, 0.1) is 19.6 Å². The summed E-state index contributed by atoms with van der Waals surface area (Å²) in [7, 11) is -15.1. The SMILES string of the molecule is CO[C@H]1C(O)[C@@H](N2CN(C)C3=C2NC(N)=NC3O)O[C@H]1C(O)P(=O)(O)OP(=O)(O)OP(=O)(O)OC[C@H]1O[C@@H](n2cnc3c(=O)[nH]c(N)nc32)[C@@H](O)C1O. The molecule has 4 aliphatic heterocycles. The highest BCUT2D eigenvalue weighted by atomic mass is 31.3. The van der Waals surface area contributed by atoms with Gasteiger partial charge in [-0.25, -0.2) is 23.4 Å². The number of hydrogen-bond acceptors (Lipinski definition) is 23. The second-order valence-electron chi connectivity index (χ2n) is 11.9. The zero-order chi connectivity index (χ0) is 38.9. The normalized spacial score (nSPS) is 34.4. The van der Waals surface area contributed by atoms with Crippen LogP contribution in [0.4, 0.5) is 5.95 Å². The van der Waals surface area contributed by atoms with Gasteiger partial charge < -0.3 is 81.0 Å². The minimum absolute atomic E-state index is 0.0618. The van der Waals surface area contributed by atoms with Crippen LogP contribution >= 0.6 is 23.2 Å². The zero-order valence-corrected chi connectivity index (χ0v) is 29.8. The lowest BCUT2D eigenvalue weighted by Crippen LogP contribution is -2.49. The van der Waals surface area contributed by atoms with Gasteiger partial charge in [0.15, 0.2) is 41.7 Å². The maximum absolute atomic E-state index is 13.1. The first-order valence-electron chi connectivity index (χ1n) is 15.0. The Morgan fingerprint density at radius 2 is 1.74 bits per heavy atom. The molecule has 31 heteroatoms. The summed E-state index contributed by atoms with van der Waals surface area (Å²) in [6.07, 6.45) is -13.8. The topological polar surface area (TPSA) is 415 Å². The first-order valence-corrected chi connectivity index (χ1v) is 19.6. The van der Waals surface area contributed by atoms with Gasteiger partial charge in [-0.05, 0) is 0 Å². The number of rotatable bonds is 12. The number of aliphatic hydroxyl groups is 5. The molecule has 0 aromatic carbocycles. The largest absolute Gasteiger partial charge is 0.488 e. The molecule has 14 N–H and O–H groups in total. The first kappa shape index (κ1) is 39.6. The Balaban J connectivity index is 1.09. The van der Waals surface area contributed by atoms with Gasteiger partial charge in [0, 0.05) is 14.2 Å². The fourth-order valence-electron chi connectivity index (χ4n) is 6.10. The molecule has 0 bridgehead atoms. The van der Waals surface area contributed by atoms with Crippen LogP contribution in [0.15, 0.2) is 27.6 Å². The summed E-state index contributed by atoms with van der Waals surface area (Å²) in [6.45, 7) is -1.17. The number of nitrogens with two attached hydrogens (primary N) is 2. The van der Waals surface area contributed by atoms with Gasteiger partial charge in [-0.1, -0.05) is 0 Å². The summed E-state index contributed by atoms with van der Waals surface area (Å²) in [5.41, 5.74) is 10.4. The molecule has 0 radical (unpaired) electrons. The highest BCUT2D eigenvalue weighted by Crippen LogP contribution is 2.69. The van der Waals surface area contributed by atoms with Crippen molar-refractivity contribution in [1.29, 1.82) is 0 Å². The monoisotopic (exact) mass is 820 g/mol. The maximum atomic E-state index is 13.1. The van der Waals surface area contributed by atoms with Crippen molar-refractivity contribution < 1.29 is 81.3 Å². The quantitative estimate of drug-likeness (QED) is 0.0890. The second kappa shape index (κ2) is 14.2. The number of aromatic nitrogens is 4. The fourth-order valence-corrected chi connectivity index (χ4v) is 10.2. The Bertz CT molecular complexity index is 2010. The molecule has 2 saturated heterocycles. The Hall–Kier alpha value is -3.11. The van der Waals surface area contributed by atoms with Crippen LogP contribution in [0.3, 0.4) is 0 Å². The minimum Gasteiger partial charge on any atom is -0.387 e. The van der Waals surface area contributed by atoms with Gasteiger partial charge in [0.2, 0.25) is 5.95 Å². The predicted molar refractivity (Wildman–Crippen MR) is 170 cm³/mol. The van der Waals surface area contributed by atoms with Crippen LogP contribution in [0.1, 0.15) is 6.23 Å². The number of methoxy groups -OCH3 is 1. The number of aromatic amines is 1. The van der Waals surface area contributed by atoms with Crippen molar-refractivity contribution in [3.05, 3.63) is 28.2 Å². The molecule has 2 fully saturated rings. The summed E-state index contributed by atoms with van der Waals surface area (Å²) in [5.74, 6) is -3.14. The smallest absolute Gasteiger partial charge is 0.387 e. The number of likely N-dealkylation sites (N-methyl/N-ethyl adjacent to an activating group) is 1. The Kier molecular flexibility index (Phi) is 10.6. The van der Waals surface area contributed by atoms with Crippen LogP contribution in [0.5, 0.6) is 0 Å². The molecule has 6 heterocycles. The van der Waals surface area contributed by atoms with Crippen molar-refractivity contribution in [2.45, 2.75) is 61.2 Å². The second-order valence-corrected chi connectivity index (χ2v) is 17.0. The summed E-state index contributed by atoms with van der Waals surface area (Å²) >= 11 is 0. The number of aliphatic hydroxyl groups excluding tert-OH is 5. The molecule has 4 aliphatic rings. The van der Waals surface area contributed by atoms with E-state index in [1.165, 1.54) is 9.80 Å². The Morgan fingerprint density at radius 3 is 2.42 bits per heavy atom. The first-order chi connectivity index (χ1) is 24.6. The van der Waals surface area contributed by atoms with E-state index in [4.69, 9.17) is 25.7 Å². The number of aliphatic imine (C=N–C) groups is 1. The van der Waals surface area contributed by atoms with Crippen LogP contribution < -0.4 is 22.3 Å². The molecule has 0 aliphatic carbocycles. The van der Waals surface area contributed by atoms with Crippen LogP contribution in [0.2, 0.25) is 0 Å². The van der Waals surface area contributed by atoms with Gasteiger partial charge in [-0.3, -0.25) is 23.4 Å². The third-order valence-electron chi connectivity index (χ3n) is 8.41. The van der Waals surface area contributed by atoms with Gasteiger partial charge in [0.1, 0.15) is 48.1 Å². The summed E-state index contributed by atoms with van der Waals surface area (Å²) < 4.78 is 68.7. The maximum Gasteiger partial charge on any atom is 0.488 e. The lowest BCUT2D eigenvalue weighted by molar-refractivity contribution is -0.0977. The van der Waals surface area contributed by atoms with E-state index in [0.717, 1.165) is 18.0 Å². The lowest BCUT2D eigenvalue weighted by Gasteiger charge is -2.31. The predicted octanol–water partition coefficient (Wildman–Crippen LogP) is -5.21. The number of guanidine groups is 1. The number of phosphoric ester groups is 1. The van der Waals surface area contributed by atoms with Gasteiger partial charge in [0.25, 0.3) is 5.56 Å². The molecule has 28 nitrogen and oxygen atoms in total. The van der Waals surface area contributed by atoms with Crippen molar-refractivity contribution in [3.63, 3.8) is 0 Å². The number of imidazole rings is 1. The molecule has 13 atom stereocenters. The van der Waals surface area contributed by atoms with E-state index >= 15 is 0 Å². The van der Waals surface area contributed by atoms with E-state index < -0.39 is 96.6 Å². The molecule has 0 saturated carbocycles. The van der Waals surface area contributed by atoms with E-state index in [2.05, 4.69) is 38.4 Å². The van der Waals surface area contributed by atoms with Gasteiger partial charge >= 0.3 is 23.2 Å². The van der Waals surface area contributed by atoms with Crippen molar-refractivity contribution >= 4 is 46.3 Å². The number of H-pyrrole nitrogens is 1. The Morgan fingerprint density at radius 1 is 1.04 bits per heavy atom. The number of phosphoric acid groups is 2.